The summed E-state index contributed by atoms with van der Waals surface area (Å²) in [4.78, 5) is 22.4. The van der Waals surface area contributed by atoms with Crippen molar-refractivity contribution in [3.63, 3.8) is 0 Å². The molecule has 12 heteroatoms. The van der Waals surface area contributed by atoms with E-state index < -0.39 is 35.4 Å². The zero-order valence-electron chi connectivity index (χ0n) is 15.5. The van der Waals surface area contributed by atoms with Crippen molar-refractivity contribution in [2.75, 3.05) is 12.4 Å². The van der Waals surface area contributed by atoms with E-state index in [2.05, 4.69) is 21.7 Å². The molecule has 0 saturated carbocycles. The molecule has 30 heavy (non-hydrogen) atoms. The van der Waals surface area contributed by atoms with Gasteiger partial charge in [-0.3, -0.25) is 9.59 Å². The van der Waals surface area contributed by atoms with Gasteiger partial charge >= 0.3 is 12.1 Å². The molecular weight excluding hydrogens is 417 g/mol. The predicted octanol–water partition coefficient (Wildman–Crippen LogP) is 3.08. The van der Waals surface area contributed by atoms with Gasteiger partial charge in [-0.05, 0) is 17.2 Å². The number of alkyl halides is 3. The van der Waals surface area contributed by atoms with Crippen molar-refractivity contribution in [2.24, 2.45) is 0 Å². The Morgan fingerprint density at radius 1 is 1.27 bits per heavy atom. The van der Waals surface area contributed by atoms with Crippen molar-refractivity contribution in [1.29, 1.82) is 0 Å². The summed E-state index contributed by atoms with van der Waals surface area (Å²) in [6.07, 6.45) is -1.82. The lowest BCUT2D eigenvalue weighted by atomic mass is 10.2. The lowest BCUT2D eigenvalue weighted by Crippen LogP contribution is -2.38. The number of nitrogens with one attached hydrogen (secondary N) is 1. The highest BCUT2D eigenvalue weighted by atomic mass is 19.4. The summed E-state index contributed by atoms with van der Waals surface area (Å²) in [5, 5.41) is 14.7. The third-order valence-corrected chi connectivity index (χ3v) is 3.33. The Morgan fingerprint density at radius 2 is 1.93 bits per heavy atom. The second-order valence-corrected chi connectivity index (χ2v) is 5.53. The number of carbonyl (C=O) groups excluding carboxylic acids is 1. The molecule has 0 radical (unpaired) electrons. The quantitative estimate of drug-likeness (QED) is 0.414. The fourth-order valence-corrected chi connectivity index (χ4v) is 1.76. The molecule has 7 nitrogen and oxygen atoms in total. The van der Waals surface area contributed by atoms with Gasteiger partial charge in [0.1, 0.15) is 24.3 Å². The van der Waals surface area contributed by atoms with E-state index in [0.717, 1.165) is 19.2 Å². The molecule has 2 aromatic rings. The average molecular weight is 434 g/mol. The van der Waals surface area contributed by atoms with Crippen molar-refractivity contribution >= 4 is 17.6 Å². The molecule has 0 spiro atoms. The number of amides is 1. The van der Waals surface area contributed by atoms with Crippen LogP contribution in [0.4, 0.5) is 27.6 Å². The van der Waals surface area contributed by atoms with Crippen LogP contribution in [0.3, 0.4) is 0 Å². The second kappa shape index (κ2) is 10.8. The first-order chi connectivity index (χ1) is 13.9. The van der Waals surface area contributed by atoms with Gasteiger partial charge in [0.2, 0.25) is 0 Å². The maximum absolute atomic E-state index is 13.4. The number of benzene rings is 1. The molecule has 0 saturated heterocycles. The Hall–Kier alpha value is -3.57. The monoisotopic (exact) mass is 434 g/mol. The van der Waals surface area contributed by atoms with E-state index in [0.29, 0.717) is 6.07 Å². The van der Waals surface area contributed by atoms with Gasteiger partial charge in [0.05, 0.1) is 18.4 Å². The Morgan fingerprint density at radius 3 is 2.37 bits per heavy atom. The number of carboxylic acid groups (broad SMARTS) is 1. The number of anilines is 1. The molecule has 0 aliphatic rings. The SMILES string of the molecule is C=C(OC)C(F)(F)F.O=C(O)CC[n+]1ccc(C(=O)Nc2ccc(F)cc2F)cn1. The van der Waals surface area contributed by atoms with Crippen LogP contribution in [0.25, 0.3) is 0 Å². The van der Waals surface area contributed by atoms with Gasteiger partial charge in [-0.2, -0.15) is 13.2 Å². The molecule has 2 N–H and O–H groups in total. The van der Waals surface area contributed by atoms with Crippen LogP contribution in [0.2, 0.25) is 0 Å². The van der Waals surface area contributed by atoms with Gasteiger partial charge < -0.3 is 15.2 Å². The van der Waals surface area contributed by atoms with E-state index in [9.17, 15) is 31.5 Å². The summed E-state index contributed by atoms with van der Waals surface area (Å²) in [6.45, 7) is 2.77. The summed E-state index contributed by atoms with van der Waals surface area (Å²) >= 11 is 0. The average Bonchev–Trinajstić information content (AvgIpc) is 2.68. The smallest absolute Gasteiger partial charge is 0.448 e. The van der Waals surface area contributed by atoms with Crippen LogP contribution in [-0.2, 0) is 16.1 Å². The first-order valence-corrected chi connectivity index (χ1v) is 8.08. The molecule has 1 aromatic heterocycles. The van der Waals surface area contributed by atoms with Gasteiger partial charge in [-0.1, -0.05) is 11.3 Å². The van der Waals surface area contributed by atoms with Crippen LogP contribution < -0.4 is 10.00 Å². The van der Waals surface area contributed by atoms with Crippen molar-refractivity contribution in [3.8, 4) is 0 Å². The van der Waals surface area contributed by atoms with Crippen LogP contribution in [0.1, 0.15) is 16.8 Å². The summed E-state index contributed by atoms with van der Waals surface area (Å²) in [5.41, 5.74) is 0.0179. The number of nitrogens with zero attached hydrogens (tertiary/aromatic N) is 2. The number of methoxy groups -OCH3 is 1. The number of carbonyl (C=O) groups is 2. The van der Waals surface area contributed by atoms with Crippen LogP contribution in [-0.4, -0.2) is 35.4 Å². The van der Waals surface area contributed by atoms with Crippen LogP contribution in [0, 0.1) is 11.6 Å². The van der Waals surface area contributed by atoms with Crippen molar-refractivity contribution < 1.29 is 46.1 Å². The minimum absolute atomic E-state index is 0.0933. The van der Waals surface area contributed by atoms with E-state index in [4.69, 9.17) is 5.11 Å². The Balaban J connectivity index is 0.000000479. The number of carboxylic acids is 1. The third-order valence-electron chi connectivity index (χ3n) is 3.33. The zero-order chi connectivity index (χ0) is 22.9. The zero-order valence-corrected chi connectivity index (χ0v) is 15.5. The largest absolute Gasteiger partial charge is 0.493 e. The van der Waals surface area contributed by atoms with Crippen molar-refractivity contribution in [1.82, 2.24) is 5.10 Å². The highest BCUT2D eigenvalue weighted by Gasteiger charge is 2.33. The summed E-state index contributed by atoms with van der Waals surface area (Å²) in [6, 6.07) is 4.23. The van der Waals surface area contributed by atoms with E-state index in [1.54, 1.807) is 0 Å². The summed E-state index contributed by atoms with van der Waals surface area (Å²) in [5.74, 6) is -4.35. The number of hydrogen-bond donors (Lipinski definition) is 2. The Bertz CT molecular complexity index is 902. The summed E-state index contributed by atoms with van der Waals surface area (Å²) in [7, 11) is 0.926. The maximum atomic E-state index is 13.4. The lowest BCUT2D eigenvalue weighted by Gasteiger charge is -2.06. The predicted molar refractivity (Wildman–Crippen MR) is 93.2 cm³/mol. The molecule has 1 amide bonds. The number of aromatic nitrogens is 2. The number of hydrogen-bond acceptors (Lipinski definition) is 4. The van der Waals surface area contributed by atoms with Crippen LogP contribution in [0.5, 0.6) is 0 Å². The lowest BCUT2D eigenvalue weighted by molar-refractivity contribution is -0.753. The van der Waals surface area contributed by atoms with Gasteiger partial charge in [0.15, 0.2) is 18.5 Å². The van der Waals surface area contributed by atoms with Crippen LogP contribution >= 0.6 is 0 Å². The first kappa shape index (κ1) is 24.5. The molecule has 0 atom stereocenters. The molecule has 162 valence electrons. The molecule has 1 aromatic carbocycles. The molecule has 0 fully saturated rings. The van der Waals surface area contributed by atoms with Gasteiger partial charge in [0, 0.05) is 12.1 Å². The molecule has 0 aliphatic carbocycles. The standard InChI is InChI=1S/C14H11F2N3O3.C4H5F3O/c15-10-1-2-12(11(16)7-10)18-14(22)9-3-5-19(17-8-9)6-4-13(20)21;1-3(8-2)4(5,6)7/h1-3,5,7-8H,4,6H2,(H-,18,20,21,22);1H2,2H3/p+1. The number of allylic oxidation sites excluding steroid dienone is 1. The molecule has 1 heterocycles. The number of halogens is 5. The fourth-order valence-electron chi connectivity index (χ4n) is 1.76. The highest BCUT2D eigenvalue weighted by molar-refractivity contribution is 6.03. The van der Waals surface area contributed by atoms with E-state index in [1.165, 1.54) is 23.1 Å². The third kappa shape index (κ3) is 8.20. The summed E-state index contributed by atoms with van der Waals surface area (Å²) < 4.78 is 65.0. The minimum Gasteiger partial charge on any atom is -0.493 e. The Kier molecular flexibility index (Phi) is 8.84. The second-order valence-electron chi connectivity index (χ2n) is 5.53. The van der Waals surface area contributed by atoms with E-state index >= 15 is 0 Å². The first-order valence-electron chi connectivity index (χ1n) is 8.08. The number of ether oxygens (including phenoxy) is 1. The van der Waals surface area contributed by atoms with E-state index in [1.807, 2.05) is 0 Å². The molecule has 0 aliphatic heterocycles. The minimum atomic E-state index is -4.41. The Labute approximate surface area is 167 Å². The van der Waals surface area contributed by atoms with Gasteiger partial charge in [-0.25, -0.2) is 8.78 Å². The van der Waals surface area contributed by atoms with Crippen LogP contribution in [0.15, 0.2) is 49.0 Å². The normalized spacial score (nSPS) is 10.5. The number of aliphatic carboxylic acids is 1. The highest BCUT2D eigenvalue weighted by Crippen LogP contribution is 2.23. The number of rotatable bonds is 6. The molecule has 0 unspecified atom stereocenters. The molecular formula is C18H17F5N3O4+. The molecule has 0 bridgehead atoms. The van der Waals surface area contributed by atoms with Gasteiger partial charge in [0.25, 0.3) is 5.91 Å². The fraction of sp³-hybridized carbons (Fsp3) is 0.222. The maximum Gasteiger partial charge on any atom is 0.448 e. The van der Waals surface area contributed by atoms with Crippen molar-refractivity contribution in [2.45, 2.75) is 19.1 Å². The number of aryl methyl sites for hydroxylation is 1. The van der Waals surface area contributed by atoms with Gasteiger partial charge in [-0.15, -0.1) is 0 Å². The van der Waals surface area contributed by atoms with E-state index in [-0.39, 0.29) is 24.2 Å². The molecule has 2 rings (SSSR count). The van der Waals surface area contributed by atoms with Crippen molar-refractivity contribution in [3.05, 3.63) is 66.2 Å². The topological polar surface area (TPSA) is 92.4 Å².